The third kappa shape index (κ3) is 3.34. The van der Waals surface area contributed by atoms with Gasteiger partial charge in [0.2, 0.25) is 5.91 Å². The number of nitrogens with zero attached hydrogens (tertiary/aromatic N) is 3. The molecule has 0 unspecified atom stereocenters. The first-order valence-corrected chi connectivity index (χ1v) is 9.15. The fourth-order valence-corrected chi connectivity index (χ4v) is 3.88. The Kier molecular flexibility index (Phi) is 4.95. The zero-order valence-corrected chi connectivity index (χ0v) is 15.1. The minimum Gasteiger partial charge on any atom is -0.497 e. The van der Waals surface area contributed by atoms with E-state index >= 15 is 0 Å². The summed E-state index contributed by atoms with van der Waals surface area (Å²) in [7, 11) is 1.68. The molecule has 6 heteroatoms. The van der Waals surface area contributed by atoms with E-state index in [1.807, 2.05) is 17.0 Å². The molecule has 4 rings (SSSR count). The predicted octanol–water partition coefficient (Wildman–Crippen LogP) is 1.76. The van der Waals surface area contributed by atoms with Crippen molar-refractivity contribution in [2.45, 2.75) is 12.6 Å². The number of ether oxygens (including phenoxy) is 2. The Morgan fingerprint density at radius 1 is 1.15 bits per heavy atom. The summed E-state index contributed by atoms with van der Waals surface area (Å²) >= 11 is 0. The van der Waals surface area contributed by atoms with E-state index in [1.165, 1.54) is 5.69 Å². The number of morpholine rings is 1. The van der Waals surface area contributed by atoms with E-state index < -0.39 is 0 Å². The van der Waals surface area contributed by atoms with Crippen molar-refractivity contribution in [3.63, 3.8) is 0 Å². The van der Waals surface area contributed by atoms with Gasteiger partial charge in [0, 0.05) is 38.1 Å². The van der Waals surface area contributed by atoms with Crippen LogP contribution in [-0.4, -0.2) is 66.8 Å². The van der Waals surface area contributed by atoms with Crippen LogP contribution in [0.2, 0.25) is 0 Å². The fourth-order valence-electron chi connectivity index (χ4n) is 3.88. The molecule has 2 aromatic rings. The minimum absolute atomic E-state index is 0.0545. The molecule has 0 radical (unpaired) electrons. The van der Waals surface area contributed by atoms with Crippen molar-refractivity contribution in [3.05, 3.63) is 53.9 Å². The molecule has 0 spiro atoms. The SMILES string of the molecule is COc1cccc([C@H]2c3cccn3CCN2CC(=O)N2CCOCC2)c1. The number of hydrogen-bond donors (Lipinski definition) is 0. The van der Waals surface area contributed by atoms with Crippen LogP contribution in [0.3, 0.4) is 0 Å². The van der Waals surface area contributed by atoms with E-state index in [1.54, 1.807) is 7.11 Å². The summed E-state index contributed by atoms with van der Waals surface area (Å²) in [4.78, 5) is 17.0. The largest absolute Gasteiger partial charge is 0.497 e. The number of benzene rings is 1. The molecule has 2 aliphatic heterocycles. The first kappa shape index (κ1) is 17.1. The van der Waals surface area contributed by atoms with E-state index in [2.05, 4.69) is 39.9 Å². The van der Waals surface area contributed by atoms with Gasteiger partial charge in [-0.05, 0) is 29.8 Å². The molecular formula is C20H25N3O3. The Bertz CT molecular complexity index is 767. The summed E-state index contributed by atoms with van der Waals surface area (Å²) in [5, 5.41) is 0. The molecule has 1 atom stereocenters. The van der Waals surface area contributed by atoms with Crippen molar-refractivity contribution in [2.24, 2.45) is 0 Å². The topological polar surface area (TPSA) is 46.9 Å². The number of carbonyl (C=O) groups excluding carboxylic acids is 1. The van der Waals surface area contributed by atoms with E-state index in [4.69, 9.17) is 9.47 Å². The number of hydrogen-bond acceptors (Lipinski definition) is 4. The van der Waals surface area contributed by atoms with E-state index in [9.17, 15) is 4.79 Å². The van der Waals surface area contributed by atoms with Gasteiger partial charge in [0.15, 0.2) is 0 Å². The first-order valence-electron chi connectivity index (χ1n) is 9.15. The van der Waals surface area contributed by atoms with Crippen molar-refractivity contribution >= 4 is 5.91 Å². The Morgan fingerprint density at radius 3 is 2.81 bits per heavy atom. The van der Waals surface area contributed by atoms with Crippen LogP contribution in [0.25, 0.3) is 0 Å². The molecule has 1 aromatic carbocycles. The smallest absolute Gasteiger partial charge is 0.236 e. The number of carbonyl (C=O) groups is 1. The number of aromatic nitrogens is 1. The molecule has 0 N–H and O–H groups in total. The highest BCUT2D eigenvalue weighted by atomic mass is 16.5. The summed E-state index contributed by atoms with van der Waals surface area (Å²) in [6.45, 7) is 4.81. The molecule has 1 fully saturated rings. The summed E-state index contributed by atoms with van der Waals surface area (Å²) in [6.07, 6.45) is 2.11. The fraction of sp³-hybridized carbons (Fsp3) is 0.450. The molecule has 138 valence electrons. The van der Waals surface area contributed by atoms with Crippen molar-refractivity contribution in [1.82, 2.24) is 14.4 Å². The number of amides is 1. The molecular weight excluding hydrogens is 330 g/mol. The monoisotopic (exact) mass is 355 g/mol. The molecule has 0 aliphatic carbocycles. The van der Waals surface area contributed by atoms with Crippen LogP contribution >= 0.6 is 0 Å². The van der Waals surface area contributed by atoms with Crippen LogP contribution in [0, 0.1) is 0 Å². The second-order valence-electron chi connectivity index (χ2n) is 6.77. The number of rotatable bonds is 4. The average Bonchev–Trinajstić information content (AvgIpc) is 3.17. The van der Waals surface area contributed by atoms with Crippen LogP contribution in [0.4, 0.5) is 0 Å². The molecule has 3 heterocycles. The van der Waals surface area contributed by atoms with Crippen LogP contribution in [0.15, 0.2) is 42.6 Å². The third-order valence-electron chi connectivity index (χ3n) is 5.25. The molecule has 6 nitrogen and oxygen atoms in total. The second-order valence-corrected chi connectivity index (χ2v) is 6.77. The average molecular weight is 355 g/mol. The molecule has 2 aliphatic rings. The van der Waals surface area contributed by atoms with Gasteiger partial charge in [-0.25, -0.2) is 0 Å². The van der Waals surface area contributed by atoms with Gasteiger partial charge < -0.3 is 18.9 Å². The molecule has 1 saturated heterocycles. The number of fused-ring (bicyclic) bond motifs is 1. The molecule has 0 bridgehead atoms. The Balaban J connectivity index is 1.61. The lowest BCUT2D eigenvalue weighted by Crippen LogP contribution is -2.48. The lowest BCUT2D eigenvalue weighted by Gasteiger charge is -2.38. The highest BCUT2D eigenvalue weighted by molar-refractivity contribution is 5.78. The van der Waals surface area contributed by atoms with E-state index in [0.29, 0.717) is 32.8 Å². The van der Waals surface area contributed by atoms with Crippen LogP contribution < -0.4 is 4.74 Å². The first-order chi connectivity index (χ1) is 12.8. The maximum Gasteiger partial charge on any atom is 0.236 e. The predicted molar refractivity (Wildman–Crippen MR) is 98.2 cm³/mol. The standard InChI is InChI=1S/C20H25N3O3/c1-25-17-5-2-4-16(14-17)20-18-6-3-7-21(18)8-9-23(20)15-19(24)22-10-12-26-13-11-22/h2-7,14,20H,8-13,15H2,1H3/t20-/m0/s1. The highest BCUT2D eigenvalue weighted by Crippen LogP contribution is 2.33. The summed E-state index contributed by atoms with van der Waals surface area (Å²) in [5.41, 5.74) is 2.37. The van der Waals surface area contributed by atoms with Gasteiger partial charge in [-0.15, -0.1) is 0 Å². The maximum atomic E-state index is 12.8. The highest BCUT2D eigenvalue weighted by Gasteiger charge is 2.31. The third-order valence-corrected chi connectivity index (χ3v) is 5.25. The van der Waals surface area contributed by atoms with Gasteiger partial charge in [-0.2, -0.15) is 0 Å². The zero-order chi connectivity index (χ0) is 17.9. The summed E-state index contributed by atoms with van der Waals surface area (Å²) in [6, 6.07) is 12.4. The zero-order valence-electron chi connectivity index (χ0n) is 15.1. The Morgan fingerprint density at radius 2 is 2.00 bits per heavy atom. The molecule has 1 amide bonds. The molecule has 26 heavy (non-hydrogen) atoms. The quantitative estimate of drug-likeness (QED) is 0.839. The van der Waals surface area contributed by atoms with Crippen molar-refractivity contribution in [1.29, 1.82) is 0 Å². The van der Waals surface area contributed by atoms with E-state index in [0.717, 1.165) is 24.4 Å². The van der Waals surface area contributed by atoms with Crippen LogP contribution in [-0.2, 0) is 16.1 Å². The van der Waals surface area contributed by atoms with Crippen molar-refractivity contribution < 1.29 is 14.3 Å². The molecule has 0 saturated carbocycles. The normalized spacial score (nSPS) is 20.7. The summed E-state index contributed by atoms with van der Waals surface area (Å²) < 4.78 is 13.1. The van der Waals surface area contributed by atoms with Gasteiger partial charge in [0.1, 0.15) is 5.75 Å². The van der Waals surface area contributed by atoms with Gasteiger partial charge in [0.25, 0.3) is 0 Å². The lowest BCUT2D eigenvalue weighted by atomic mass is 9.99. The van der Waals surface area contributed by atoms with Crippen LogP contribution in [0.1, 0.15) is 17.3 Å². The van der Waals surface area contributed by atoms with Gasteiger partial charge in [0.05, 0.1) is 32.9 Å². The lowest BCUT2D eigenvalue weighted by molar-refractivity contribution is -0.137. The number of methoxy groups -OCH3 is 1. The Hall–Kier alpha value is -2.31. The Labute approximate surface area is 153 Å². The maximum absolute atomic E-state index is 12.8. The van der Waals surface area contributed by atoms with Crippen molar-refractivity contribution in [3.8, 4) is 5.75 Å². The van der Waals surface area contributed by atoms with Gasteiger partial charge in [-0.1, -0.05) is 12.1 Å². The second kappa shape index (κ2) is 7.51. The van der Waals surface area contributed by atoms with Gasteiger partial charge in [-0.3, -0.25) is 9.69 Å². The van der Waals surface area contributed by atoms with Crippen LogP contribution in [0.5, 0.6) is 5.75 Å². The summed E-state index contributed by atoms with van der Waals surface area (Å²) in [5.74, 6) is 1.02. The minimum atomic E-state index is 0.0545. The van der Waals surface area contributed by atoms with Crippen molar-refractivity contribution in [2.75, 3.05) is 46.5 Å². The van der Waals surface area contributed by atoms with E-state index in [-0.39, 0.29) is 11.9 Å². The van der Waals surface area contributed by atoms with Gasteiger partial charge >= 0.3 is 0 Å². The molecule has 1 aromatic heterocycles.